The van der Waals surface area contributed by atoms with Crippen molar-refractivity contribution in [1.82, 2.24) is 0 Å². The smallest absolute Gasteiger partial charge is 0.0405 e. The van der Waals surface area contributed by atoms with E-state index < -0.39 is 0 Å². The second-order valence-electron chi connectivity index (χ2n) is 4.53. The SMILES string of the molecule is CC.CC1N(C)c2ccccc2C1(C)C. The lowest BCUT2D eigenvalue weighted by molar-refractivity contribution is 0.454. The molecule has 1 aliphatic heterocycles. The first-order valence-corrected chi connectivity index (χ1v) is 5.87. The van der Waals surface area contributed by atoms with Crippen LogP contribution in [0.25, 0.3) is 0 Å². The molecule has 1 heterocycles. The van der Waals surface area contributed by atoms with Gasteiger partial charge in [-0.05, 0) is 18.6 Å². The lowest BCUT2D eigenvalue weighted by Gasteiger charge is -2.28. The minimum Gasteiger partial charge on any atom is -0.371 e. The van der Waals surface area contributed by atoms with Crippen molar-refractivity contribution < 1.29 is 0 Å². The summed E-state index contributed by atoms with van der Waals surface area (Å²) in [7, 11) is 2.18. The first-order chi connectivity index (χ1) is 7.05. The van der Waals surface area contributed by atoms with E-state index in [1.54, 1.807) is 0 Å². The summed E-state index contributed by atoms with van der Waals surface area (Å²) in [6.45, 7) is 10.9. The largest absolute Gasteiger partial charge is 0.371 e. The van der Waals surface area contributed by atoms with Crippen LogP contribution in [0.15, 0.2) is 24.3 Å². The average molecular weight is 205 g/mol. The second-order valence-corrected chi connectivity index (χ2v) is 4.53. The molecule has 1 aliphatic rings. The molecular weight excluding hydrogens is 182 g/mol. The van der Waals surface area contributed by atoms with Gasteiger partial charge in [0, 0.05) is 24.2 Å². The molecular formula is C14H23N. The lowest BCUT2D eigenvalue weighted by Crippen LogP contribution is -2.36. The molecule has 84 valence electrons. The summed E-state index contributed by atoms with van der Waals surface area (Å²) in [5.41, 5.74) is 3.15. The van der Waals surface area contributed by atoms with E-state index in [-0.39, 0.29) is 5.41 Å². The zero-order valence-electron chi connectivity index (χ0n) is 10.8. The number of nitrogens with zero attached hydrogens (tertiary/aromatic N) is 1. The highest BCUT2D eigenvalue weighted by molar-refractivity contribution is 5.62. The Morgan fingerprint density at radius 1 is 1.13 bits per heavy atom. The van der Waals surface area contributed by atoms with Crippen molar-refractivity contribution >= 4 is 5.69 Å². The fraction of sp³-hybridized carbons (Fsp3) is 0.571. The Kier molecular flexibility index (Phi) is 3.43. The van der Waals surface area contributed by atoms with Crippen LogP contribution in [0.2, 0.25) is 0 Å². The van der Waals surface area contributed by atoms with Gasteiger partial charge in [0.05, 0.1) is 0 Å². The molecule has 2 rings (SSSR count). The van der Waals surface area contributed by atoms with Gasteiger partial charge in [0.15, 0.2) is 0 Å². The molecule has 1 atom stereocenters. The van der Waals surface area contributed by atoms with Crippen molar-refractivity contribution in [3.63, 3.8) is 0 Å². The predicted molar refractivity (Wildman–Crippen MR) is 68.7 cm³/mol. The van der Waals surface area contributed by atoms with Gasteiger partial charge < -0.3 is 4.90 Å². The van der Waals surface area contributed by atoms with Crippen molar-refractivity contribution in [2.45, 2.75) is 46.1 Å². The van der Waals surface area contributed by atoms with Gasteiger partial charge in [-0.15, -0.1) is 0 Å². The molecule has 0 spiro atoms. The van der Waals surface area contributed by atoms with Crippen molar-refractivity contribution in [3.8, 4) is 0 Å². The number of benzene rings is 1. The zero-order valence-corrected chi connectivity index (χ0v) is 10.8. The summed E-state index contributed by atoms with van der Waals surface area (Å²) < 4.78 is 0. The van der Waals surface area contributed by atoms with E-state index in [2.05, 4.69) is 57.0 Å². The van der Waals surface area contributed by atoms with E-state index in [0.29, 0.717) is 6.04 Å². The van der Waals surface area contributed by atoms with Gasteiger partial charge in [-0.25, -0.2) is 0 Å². The normalized spacial score (nSPS) is 21.7. The molecule has 1 aromatic carbocycles. The Bertz CT molecular complexity index is 328. The molecule has 0 N–H and O–H groups in total. The third-order valence-electron chi connectivity index (χ3n) is 3.60. The number of para-hydroxylation sites is 1. The summed E-state index contributed by atoms with van der Waals surface area (Å²) in [5, 5.41) is 0. The fourth-order valence-corrected chi connectivity index (χ4v) is 2.24. The summed E-state index contributed by atoms with van der Waals surface area (Å²) >= 11 is 0. The van der Waals surface area contributed by atoms with E-state index in [9.17, 15) is 0 Å². The summed E-state index contributed by atoms with van der Waals surface area (Å²) in [6, 6.07) is 9.29. The van der Waals surface area contributed by atoms with Crippen LogP contribution in [0.1, 0.15) is 40.2 Å². The summed E-state index contributed by atoms with van der Waals surface area (Å²) in [4.78, 5) is 2.37. The monoisotopic (exact) mass is 205 g/mol. The molecule has 0 bridgehead atoms. The van der Waals surface area contributed by atoms with Crippen LogP contribution in [0, 0.1) is 0 Å². The van der Waals surface area contributed by atoms with Crippen LogP contribution in [-0.4, -0.2) is 13.1 Å². The highest BCUT2D eigenvalue weighted by atomic mass is 15.2. The van der Waals surface area contributed by atoms with Crippen LogP contribution in [0.5, 0.6) is 0 Å². The number of hydrogen-bond donors (Lipinski definition) is 0. The number of anilines is 1. The Labute approximate surface area is 94.1 Å². The van der Waals surface area contributed by atoms with Crippen LogP contribution in [-0.2, 0) is 5.41 Å². The molecule has 0 radical (unpaired) electrons. The Morgan fingerprint density at radius 2 is 1.67 bits per heavy atom. The van der Waals surface area contributed by atoms with Gasteiger partial charge in [-0.1, -0.05) is 45.9 Å². The van der Waals surface area contributed by atoms with Crippen molar-refractivity contribution in [2.24, 2.45) is 0 Å². The maximum atomic E-state index is 2.37. The molecule has 0 saturated heterocycles. The molecule has 1 heteroatoms. The van der Waals surface area contributed by atoms with Gasteiger partial charge in [0.25, 0.3) is 0 Å². The lowest BCUT2D eigenvalue weighted by atomic mass is 9.81. The molecule has 0 aromatic heterocycles. The predicted octanol–water partition coefficient (Wildman–Crippen LogP) is 3.83. The van der Waals surface area contributed by atoms with Crippen LogP contribution >= 0.6 is 0 Å². The Hall–Kier alpha value is -0.980. The number of hydrogen-bond acceptors (Lipinski definition) is 1. The average Bonchev–Trinajstić information content (AvgIpc) is 2.45. The maximum Gasteiger partial charge on any atom is 0.0405 e. The number of rotatable bonds is 0. The van der Waals surface area contributed by atoms with E-state index in [0.717, 1.165) is 0 Å². The molecule has 1 nitrogen and oxygen atoms in total. The topological polar surface area (TPSA) is 3.24 Å². The Balaban J connectivity index is 0.000000531. The molecule has 1 aromatic rings. The maximum absolute atomic E-state index is 2.37. The highest BCUT2D eigenvalue weighted by Crippen LogP contribution is 2.43. The molecule has 0 aliphatic carbocycles. The summed E-state index contributed by atoms with van der Waals surface area (Å²) in [6.07, 6.45) is 0. The minimum atomic E-state index is 0.283. The quantitative estimate of drug-likeness (QED) is 0.622. The van der Waals surface area contributed by atoms with Crippen LogP contribution in [0.3, 0.4) is 0 Å². The van der Waals surface area contributed by atoms with Crippen molar-refractivity contribution in [1.29, 1.82) is 0 Å². The number of likely N-dealkylation sites (N-methyl/N-ethyl adjacent to an activating group) is 1. The first kappa shape index (κ1) is 12.1. The van der Waals surface area contributed by atoms with Crippen molar-refractivity contribution in [3.05, 3.63) is 29.8 Å². The van der Waals surface area contributed by atoms with Crippen LogP contribution < -0.4 is 4.90 Å². The van der Waals surface area contributed by atoms with E-state index in [1.807, 2.05) is 13.8 Å². The third-order valence-corrected chi connectivity index (χ3v) is 3.60. The molecule has 0 amide bonds. The highest BCUT2D eigenvalue weighted by Gasteiger charge is 2.39. The van der Waals surface area contributed by atoms with Gasteiger partial charge in [0.1, 0.15) is 0 Å². The molecule has 0 saturated carbocycles. The van der Waals surface area contributed by atoms with E-state index in [1.165, 1.54) is 11.3 Å². The van der Waals surface area contributed by atoms with Gasteiger partial charge in [-0.3, -0.25) is 0 Å². The third kappa shape index (κ3) is 1.75. The molecule has 0 fully saturated rings. The zero-order chi connectivity index (χ0) is 11.6. The molecule has 1 unspecified atom stereocenters. The Morgan fingerprint density at radius 3 is 2.20 bits per heavy atom. The summed E-state index contributed by atoms with van der Waals surface area (Å²) in [5.74, 6) is 0. The first-order valence-electron chi connectivity index (χ1n) is 5.87. The van der Waals surface area contributed by atoms with Gasteiger partial charge in [-0.2, -0.15) is 0 Å². The molecule has 15 heavy (non-hydrogen) atoms. The van der Waals surface area contributed by atoms with Gasteiger partial charge in [0.2, 0.25) is 0 Å². The fourth-order valence-electron chi connectivity index (χ4n) is 2.24. The van der Waals surface area contributed by atoms with E-state index >= 15 is 0 Å². The standard InChI is InChI=1S/C12H17N.C2H6/c1-9-12(2,3)10-7-5-6-8-11(10)13(9)4;1-2/h5-9H,1-4H3;1-2H3. The van der Waals surface area contributed by atoms with E-state index in [4.69, 9.17) is 0 Å². The minimum absolute atomic E-state index is 0.283. The van der Waals surface area contributed by atoms with Crippen LogP contribution in [0.4, 0.5) is 5.69 Å². The number of fused-ring (bicyclic) bond motifs is 1. The van der Waals surface area contributed by atoms with Gasteiger partial charge >= 0.3 is 0 Å². The van der Waals surface area contributed by atoms with Crippen molar-refractivity contribution in [2.75, 3.05) is 11.9 Å². The second kappa shape index (κ2) is 4.26.